The van der Waals surface area contributed by atoms with Crippen LogP contribution in [0.2, 0.25) is 0 Å². The maximum Gasteiger partial charge on any atom is 0.335 e. The fourth-order valence-electron chi connectivity index (χ4n) is 2.26. The Bertz CT molecular complexity index is 692. The molecule has 22 heavy (non-hydrogen) atoms. The van der Waals surface area contributed by atoms with Gasteiger partial charge in [-0.2, -0.15) is 0 Å². The SMILES string of the molecule is Cc1ccc(N2C(=O)NC(=O)[C@@H](C=NC3CC3)C2=O)cc1C. The molecule has 6 heteroatoms. The van der Waals surface area contributed by atoms with E-state index in [9.17, 15) is 14.4 Å². The van der Waals surface area contributed by atoms with E-state index in [0.717, 1.165) is 28.9 Å². The van der Waals surface area contributed by atoms with Gasteiger partial charge in [0.05, 0.1) is 5.69 Å². The Labute approximate surface area is 128 Å². The van der Waals surface area contributed by atoms with Crippen LogP contribution in [-0.2, 0) is 9.59 Å². The van der Waals surface area contributed by atoms with E-state index >= 15 is 0 Å². The number of amides is 4. The second kappa shape index (κ2) is 5.36. The van der Waals surface area contributed by atoms with Crippen molar-refractivity contribution in [2.45, 2.75) is 32.7 Å². The summed E-state index contributed by atoms with van der Waals surface area (Å²) in [6.07, 6.45) is 3.34. The quantitative estimate of drug-likeness (QED) is 0.682. The summed E-state index contributed by atoms with van der Waals surface area (Å²) in [6, 6.07) is 4.81. The molecule has 1 heterocycles. The number of aliphatic imine (C=N–C) groups is 1. The van der Waals surface area contributed by atoms with Gasteiger partial charge in [-0.3, -0.25) is 19.9 Å². The second-order valence-corrected chi connectivity index (χ2v) is 5.74. The highest BCUT2D eigenvalue weighted by molar-refractivity contribution is 6.32. The normalized spacial score (nSPS) is 22.4. The van der Waals surface area contributed by atoms with Crippen LogP contribution in [0, 0.1) is 19.8 Å². The van der Waals surface area contributed by atoms with Crippen LogP contribution in [0.3, 0.4) is 0 Å². The Morgan fingerprint density at radius 3 is 2.55 bits per heavy atom. The van der Waals surface area contributed by atoms with Gasteiger partial charge in [-0.05, 0) is 49.9 Å². The number of nitrogens with one attached hydrogen (secondary N) is 1. The summed E-state index contributed by atoms with van der Waals surface area (Å²) in [5.41, 5.74) is 2.50. The fourth-order valence-corrected chi connectivity index (χ4v) is 2.26. The average molecular weight is 299 g/mol. The summed E-state index contributed by atoms with van der Waals surface area (Å²) in [4.78, 5) is 41.7. The molecule has 0 unspecified atom stereocenters. The van der Waals surface area contributed by atoms with Gasteiger partial charge in [-0.25, -0.2) is 9.69 Å². The van der Waals surface area contributed by atoms with Gasteiger partial charge in [0.15, 0.2) is 5.92 Å². The molecular formula is C16H17N3O3. The first kappa shape index (κ1) is 14.4. The molecule has 114 valence electrons. The third-order valence-corrected chi connectivity index (χ3v) is 3.94. The van der Waals surface area contributed by atoms with Gasteiger partial charge in [0, 0.05) is 12.3 Å². The number of nitrogens with zero attached hydrogens (tertiary/aromatic N) is 2. The van der Waals surface area contributed by atoms with E-state index in [0.29, 0.717) is 5.69 Å². The minimum atomic E-state index is -1.04. The van der Waals surface area contributed by atoms with E-state index in [2.05, 4.69) is 10.3 Å². The maximum absolute atomic E-state index is 12.5. The molecule has 1 saturated heterocycles. The highest BCUT2D eigenvalue weighted by Crippen LogP contribution is 2.25. The molecule has 1 aliphatic heterocycles. The molecular weight excluding hydrogens is 282 g/mol. The molecule has 0 radical (unpaired) electrons. The molecule has 1 aromatic rings. The first-order valence-electron chi connectivity index (χ1n) is 7.26. The number of aryl methyl sites for hydroxylation is 2. The number of benzene rings is 1. The molecule has 4 amide bonds. The van der Waals surface area contributed by atoms with Crippen LogP contribution in [0.4, 0.5) is 10.5 Å². The van der Waals surface area contributed by atoms with Gasteiger partial charge >= 0.3 is 6.03 Å². The first-order chi connectivity index (χ1) is 10.5. The number of rotatable bonds is 3. The smallest absolute Gasteiger partial charge is 0.293 e. The van der Waals surface area contributed by atoms with E-state index < -0.39 is 23.8 Å². The predicted octanol–water partition coefficient (Wildman–Crippen LogP) is 1.74. The summed E-state index contributed by atoms with van der Waals surface area (Å²) in [5.74, 6) is -2.21. The predicted molar refractivity (Wildman–Crippen MR) is 81.9 cm³/mol. The maximum atomic E-state index is 12.5. The Morgan fingerprint density at radius 1 is 1.18 bits per heavy atom. The number of carbonyl (C=O) groups excluding carboxylic acids is 3. The zero-order valence-corrected chi connectivity index (χ0v) is 12.5. The Balaban J connectivity index is 1.91. The molecule has 1 aromatic carbocycles. The van der Waals surface area contributed by atoms with Gasteiger partial charge < -0.3 is 0 Å². The molecule has 0 bridgehead atoms. The number of imide groups is 2. The molecule has 1 atom stereocenters. The summed E-state index contributed by atoms with van der Waals surface area (Å²) < 4.78 is 0. The molecule has 0 spiro atoms. The van der Waals surface area contributed by atoms with Crippen LogP contribution in [-0.4, -0.2) is 30.1 Å². The third-order valence-electron chi connectivity index (χ3n) is 3.94. The number of anilines is 1. The second-order valence-electron chi connectivity index (χ2n) is 5.74. The van der Waals surface area contributed by atoms with Gasteiger partial charge in [0.1, 0.15) is 0 Å². The van der Waals surface area contributed by atoms with E-state index in [1.807, 2.05) is 19.9 Å². The zero-order valence-electron chi connectivity index (χ0n) is 12.5. The fraction of sp³-hybridized carbons (Fsp3) is 0.375. The molecule has 3 rings (SSSR count). The molecule has 1 aliphatic carbocycles. The summed E-state index contributed by atoms with van der Waals surface area (Å²) in [5, 5.41) is 2.22. The van der Waals surface area contributed by atoms with E-state index in [4.69, 9.17) is 0 Å². The van der Waals surface area contributed by atoms with Crippen molar-refractivity contribution in [3.05, 3.63) is 29.3 Å². The summed E-state index contributed by atoms with van der Waals surface area (Å²) >= 11 is 0. The minimum absolute atomic E-state index is 0.216. The van der Waals surface area contributed by atoms with E-state index in [1.165, 1.54) is 6.21 Å². The lowest BCUT2D eigenvalue weighted by atomic mass is 10.0. The highest BCUT2D eigenvalue weighted by atomic mass is 16.2. The van der Waals surface area contributed by atoms with Crippen molar-refractivity contribution in [2.75, 3.05) is 4.90 Å². The van der Waals surface area contributed by atoms with Crippen LogP contribution < -0.4 is 10.2 Å². The monoisotopic (exact) mass is 299 g/mol. The Morgan fingerprint density at radius 2 is 1.91 bits per heavy atom. The standard InChI is InChI=1S/C16H17N3O3/c1-9-3-6-12(7-10(9)2)19-15(21)13(8-17-11-4-5-11)14(20)18-16(19)22/h3,6-8,11,13H,4-5H2,1-2H3,(H,18,20,22)/t13-/m1/s1. The van der Waals surface area contributed by atoms with E-state index in [-0.39, 0.29) is 6.04 Å². The van der Waals surface area contributed by atoms with Crippen molar-refractivity contribution in [2.24, 2.45) is 10.9 Å². The number of barbiturate groups is 1. The lowest BCUT2D eigenvalue weighted by Gasteiger charge is -2.28. The van der Waals surface area contributed by atoms with Crippen LogP contribution in [0.25, 0.3) is 0 Å². The molecule has 1 saturated carbocycles. The topological polar surface area (TPSA) is 78.8 Å². The number of urea groups is 1. The van der Waals surface area contributed by atoms with Gasteiger partial charge in [0.25, 0.3) is 5.91 Å². The Kier molecular flexibility index (Phi) is 3.52. The molecule has 2 fully saturated rings. The average Bonchev–Trinajstić information content (AvgIpc) is 3.26. The molecule has 2 aliphatic rings. The zero-order chi connectivity index (χ0) is 15.9. The largest absolute Gasteiger partial charge is 0.335 e. The van der Waals surface area contributed by atoms with Crippen LogP contribution in [0.1, 0.15) is 24.0 Å². The number of hydrogen-bond acceptors (Lipinski definition) is 4. The minimum Gasteiger partial charge on any atom is -0.293 e. The van der Waals surface area contributed by atoms with Crippen molar-refractivity contribution in [3.8, 4) is 0 Å². The molecule has 1 N–H and O–H groups in total. The third kappa shape index (κ3) is 2.64. The van der Waals surface area contributed by atoms with Gasteiger partial charge in [0.2, 0.25) is 5.91 Å². The lowest BCUT2D eigenvalue weighted by molar-refractivity contribution is -0.131. The first-order valence-corrected chi connectivity index (χ1v) is 7.26. The van der Waals surface area contributed by atoms with E-state index in [1.54, 1.807) is 12.1 Å². The van der Waals surface area contributed by atoms with Crippen molar-refractivity contribution < 1.29 is 14.4 Å². The highest BCUT2D eigenvalue weighted by Gasteiger charge is 2.40. The Hall–Kier alpha value is -2.50. The van der Waals surface area contributed by atoms with Gasteiger partial charge in [-0.1, -0.05) is 6.07 Å². The van der Waals surface area contributed by atoms with Crippen molar-refractivity contribution in [3.63, 3.8) is 0 Å². The lowest BCUT2D eigenvalue weighted by Crippen LogP contribution is -2.58. The van der Waals surface area contributed by atoms with Crippen LogP contribution in [0.15, 0.2) is 23.2 Å². The molecule has 6 nitrogen and oxygen atoms in total. The van der Waals surface area contributed by atoms with Crippen molar-refractivity contribution in [1.29, 1.82) is 0 Å². The van der Waals surface area contributed by atoms with Gasteiger partial charge in [-0.15, -0.1) is 0 Å². The van der Waals surface area contributed by atoms with Crippen molar-refractivity contribution in [1.82, 2.24) is 5.32 Å². The van der Waals surface area contributed by atoms with Crippen LogP contribution in [0.5, 0.6) is 0 Å². The number of hydrogen-bond donors (Lipinski definition) is 1. The summed E-state index contributed by atoms with van der Waals surface area (Å²) in [6.45, 7) is 3.86. The van der Waals surface area contributed by atoms with Crippen LogP contribution >= 0.6 is 0 Å². The van der Waals surface area contributed by atoms with Crippen molar-refractivity contribution >= 4 is 29.7 Å². The number of carbonyl (C=O) groups is 3. The molecule has 0 aromatic heterocycles. The summed E-state index contributed by atoms with van der Waals surface area (Å²) in [7, 11) is 0.